The smallest absolute Gasteiger partial charge is 0.0190 e. The van der Waals surface area contributed by atoms with Gasteiger partial charge in [-0.3, -0.25) is 0 Å². The van der Waals surface area contributed by atoms with Gasteiger partial charge < -0.3 is 0 Å². The van der Waals surface area contributed by atoms with Gasteiger partial charge in [-0.25, -0.2) is 0 Å². The molecule has 0 fully saturated rings. The molecule has 2 rings (SSSR count). The molecule has 0 aliphatic carbocycles. The van der Waals surface area contributed by atoms with Gasteiger partial charge in [-0.1, -0.05) is 92.6 Å². The number of hydrogen-bond donors (Lipinski definition) is 0. The van der Waals surface area contributed by atoms with E-state index in [4.69, 9.17) is 0 Å². The molecule has 0 heterocycles. The van der Waals surface area contributed by atoms with Crippen molar-refractivity contribution >= 4 is 31.7 Å². The van der Waals surface area contributed by atoms with E-state index < -0.39 is 0 Å². The fraction of sp³-hybridized carbons (Fsp3) is 0. The lowest BCUT2D eigenvalue weighted by molar-refractivity contribution is 1.62. The lowest BCUT2D eigenvalue weighted by atomic mass is 10.1. The maximum Gasteiger partial charge on any atom is -0.0190 e. The lowest BCUT2D eigenvalue weighted by Gasteiger charge is -1.96. The quantitative estimate of drug-likeness (QED) is 0.697. The zero-order chi connectivity index (χ0) is 13.2. The van der Waals surface area contributed by atoms with Crippen molar-refractivity contribution in [2.24, 2.45) is 0 Å². The molecule has 0 atom stereocenters. The molecule has 0 amide bonds. The number of benzene rings is 2. The maximum atomic E-state index is 3.69. The van der Waals surface area contributed by atoms with E-state index in [0.717, 1.165) is 11.1 Å². The van der Waals surface area contributed by atoms with E-state index in [1.807, 2.05) is 72.8 Å². The van der Waals surface area contributed by atoms with Gasteiger partial charge in [-0.15, -0.1) is 0 Å². The van der Waals surface area contributed by atoms with Gasteiger partial charge in [-0.2, -0.15) is 13.5 Å². The Morgan fingerprint density at radius 3 is 1.32 bits per heavy atom. The molecule has 19 heavy (non-hydrogen) atoms. The van der Waals surface area contributed by atoms with Crippen LogP contribution >= 0.6 is 13.5 Å². The van der Waals surface area contributed by atoms with Gasteiger partial charge in [0.2, 0.25) is 0 Å². The topological polar surface area (TPSA) is 0 Å². The van der Waals surface area contributed by atoms with E-state index in [0.29, 0.717) is 0 Å². The average molecular weight is 268 g/mol. The number of hydrogen-bond acceptors (Lipinski definition) is 0. The van der Waals surface area contributed by atoms with Crippen LogP contribution in [0.1, 0.15) is 16.7 Å². The van der Waals surface area contributed by atoms with Crippen molar-refractivity contribution in [3.05, 3.63) is 91.0 Å². The van der Waals surface area contributed by atoms with Crippen LogP contribution < -0.4 is 0 Å². The molecular weight excluding hydrogens is 248 g/mol. The first-order valence-corrected chi connectivity index (χ1v) is 5.83. The predicted molar refractivity (Wildman–Crippen MR) is 93.5 cm³/mol. The summed E-state index contributed by atoms with van der Waals surface area (Å²) in [6.45, 7) is 11.0. The van der Waals surface area contributed by atoms with E-state index in [1.54, 1.807) is 0 Å². The molecule has 0 nitrogen and oxygen atoms in total. The Balaban J connectivity index is 0.000000331. The fourth-order valence-corrected chi connectivity index (χ4v) is 1.47. The van der Waals surface area contributed by atoms with Crippen molar-refractivity contribution < 1.29 is 0 Å². The molecule has 0 spiro atoms. The molecule has 0 aromatic heterocycles. The summed E-state index contributed by atoms with van der Waals surface area (Å²) in [6, 6.07) is 18.0. The molecule has 0 aliphatic heterocycles. The zero-order valence-electron chi connectivity index (χ0n) is 11.0. The van der Waals surface area contributed by atoms with Gasteiger partial charge in [0.15, 0.2) is 0 Å². The third kappa shape index (κ3) is 5.94. The van der Waals surface area contributed by atoms with Crippen LogP contribution in [-0.4, -0.2) is 0 Å². The summed E-state index contributed by atoms with van der Waals surface area (Å²) in [4.78, 5) is 0. The summed E-state index contributed by atoms with van der Waals surface area (Å²) in [5.74, 6) is 0. The standard InChI is InChI=1S/C10H10.C8H8.H2S/c1-3-9-7-5-6-8-10(9)4-2;1-2-8-6-4-3-5-7-8;/h3-8H,1-2H2;2-7H,1H2;1H2. The Kier molecular flexibility index (Phi) is 8.94. The van der Waals surface area contributed by atoms with Gasteiger partial charge in [0.1, 0.15) is 0 Å². The van der Waals surface area contributed by atoms with Crippen LogP contribution in [0.4, 0.5) is 0 Å². The molecule has 0 radical (unpaired) electrons. The second kappa shape index (κ2) is 9.98. The normalized spacial score (nSPS) is 8.21. The summed E-state index contributed by atoms with van der Waals surface area (Å²) in [6.07, 6.45) is 5.49. The van der Waals surface area contributed by atoms with Gasteiger partial charge in [0.25, 0.3) is 0 Å². The predicted octanol–water partition coefficient (Wildman–Crippen LogP) is 5.42. The van der Waals surface area contributed by atoms with Crippen LogP contribution in [0.5, 0.6) is 0 Å². The first-order valence-electron chi connectivity index (χ1n) is 5.83. The van der Waals surface area contributed by atoms with Gasteiger partial charge in [-0.05, 0) is 16.7 Å². The van der Waals surface area contributed by atoms with Crippen molar-refractivity contribution in [2.75, 3.05) is 0 Å². The van der Waals surface area contributed by atoms with E-state index in [9.17, 15) is 0 Å². The van der Waals surface area contributed by atoms with E-state index in [1.165, 1.54) is 5.56 Å². The molecule has 2 aromatic rings. The maximum absolute atomic E-state index is 3.69. The Labute approximate surface area is 123 Å². The molecule has 98 valence electrons. The van der Waals surface area contributed by atoms with Crippen molar-refractivity contribution in [3.8, 4) is 0 Å². The Bertz CT molecular complexity index is 485. The molecule has 1 heteroatoms. The van der Waals surface area contributed by atoms with Crippen LogP contribution in [0, 0.1) is 0 Å². The van der Waals surface area contributed by atoms with Crippen molar-refractivity contribution in [3.63, 3.8) is 0 Å². The summed E-state index contributed by atoms with van der Waals surface area (Å²) >= 11 is 0. The minimum Gasteiger partial charge on any atom is -0.197 e. The zero-order valence-corrected chi connectivity index (χ0v) is 12.0. The van der Waals surface area contributed by atoms with Crippen molar-refractivity contribution in [1.29, 1.82) is 0 Å². The van der Waals surface area contributed by atoms with Crippen LogP contribution in [0.3, 0.4) is 0 Å². The Hall–Kier alpha value is -1.99. The number of rotatable bonds is 3. The van der Waals surface area contributed by atoms with Crippen LogP contribution in [0.25, 0.3) is 18.2 Å². The van der Waals surface area contributed by atoms with Gasteiger partial charge in [0, 0.05) is 0 Å². The van der Waals surface area contributed by atoms with Crippen LogP contribution in [0.2, 0.25) is 0 Å². The summed E-state index contributed by atoms with van der Waals surface area (Å²) in [7, 11) is 0. The molecule has 2 aromatic carbocycles. The van der Waals surface area contributed by atoms with E-state index in [2.05, 4.69) is 19.7 Å². The second-order valence-electron chi connectivity index (χ2n) is 3.65. The average Bonchev–Trinajstić information content (AvgIpc) is 2.48. The summed E-state index contributed by atoms with van der Waals surface area (Å²) in [5.41, 5.74) is 3.45. The first kappa shape index (κ1) is 17.0. The first-order chi connectivity index (χ1) is 8.81. The minimum absolute atomic E-state index is 0. The third-order valence-corrected chi connectivity index (χ3v) is 2.47. The SMILES string of the molecule is C=Cc1ccccc1.C=Cc1ccccc1C=C.S. The van der Waals surface area contributed by atoms with Gasteiger partial charge in [0.05, 0.1) is 0 Å². The highest BCUT2D eigenvalue weighted by molar-refractivity contribution is 7.59. The minimum atomic E-state index is 0. The molecule has 0 bridgehead atoms. The highest BCUT2D eigenvalue weighted by Gasteiger charge is 1.89. The third-order valence-electron chi connectivity index (χ3n) is 2.47. The van der Waals surface area contributed by atoms with Crippen LogP contribution in [-0.2, 0) is 0 Å². The van der Waals surface area contributed by atoms with E-state index in [-0.39, 0.29) is 13.5 Å². The van der Waals surface area contributed by atoms with Crippen molar-refractivity contribution in [1.82, 2.24) is 0 Å². The molecule has 0 aliphatic rings. The van der Waals surface area contributed by atoms with E-state index >= 15 is 0 Å². The van der Waals surface area contributed by atoms with Crippen LogP contribution in [0.15, 0.2) is 74.3 Å². The monoisotopic (exact) mass is 268 g/mol. The Morgan fingerprint density at radius 1 is 0.579 bits per heavy atom. The largest absolute Gasteiger partial charge is 0.197 e. The van der Waals surface area contributed by atoms with Gasteiger partial charge >= 0.3 is 0 Å². The summed E-state index contributed by atoms with van der Waals surface area (Å²) < 4.78 is 0. The lowest BCUT2D eigenvalue weighted by Crippen LogP contribution is -1.76. The fourth-order valence-electron chi connectivity index (χ4n) is 1.47. The highest BCUT2D eigenvalue weighted by Crippen LogP contribution is 2.10. The highest BCUT2D eigenvalue weighted by atomic mass is 32.1. The molecule has 0 N–H and O–H groups in total. The molecule has 0 saturated carbocycles. The molecule has 0 saturated heterocycles. The second-order valence-corrected chi connectivity index (χ2v) is 3.65. The summed E-state index contributed by atoms with van der Waals surface area (Å²) in [5, 5.41) is 0. The molecular formula is C18H20S. The van der Waals surface area contributed by atoms with Crippen molar-refractivity contribution in [2.45, 2.75) is 0 Å². The molecule has 0 unspecified atom stereocenters. The Morgan fingerprint density at radius 2 is 1.00 bits per heavy atom.